The monoisotopic (exact) mass is 338 g/mol. The largest absolute Gasteiger partial charge is 0.356 e. The third-order valence-corrected chi connectivity index (χ3v) is 6.07. The number of benzene rings is 1. The van der Waals surface area contributed by atoms with Crippen molar-refractivity contribution in [3.8, 4) is 0 Å². The van der Waals surface area contributed by atoms with Gasteiger partial charge in [-0.3, -0.25) is 4.79 Å². The number of sulfone groups is 1. The number of amides is 1. The maximum Gasteiger partial charge on any atom is 0.220 e. The lowest BCUT2D eigenvalue weighted by molar-refractivity contribution is -0.121. The van der Waals surface area contributed by atoms with Crippen LogP contribution in [0.15, 0.2) is 35.2 Å². The van der Waals surface area contributed by atoms with Crippen LogP contribution in [0.2, 0.25) is 0 Å². The average molecular weight is 338 g/mol. The summed E-state index contributed by atoms with van der Waals surface area (Å²) in [6, 6.07) is 8.44. The van der Waals surface area contributed by atoms with Crippen molar-refractivity contribution in [2.75, 3.05) is 25.4 Å². The Morgan fingerprint density at radius 2 is 1.87 bits per heavy atom. The van der Waals surface area contributed by atoms with Crippen molar-refractivity contribution in [3.05, 3.63) is 30.3 Å². The van der Waals surface area contributed by atoms with Gasteiger partial charge in [0.05, 0.1) is 10.6 Å². The molecule has 0 aliphatic carbocycles. The highest BCUT2D eigenvalue weighted by atomic mass is 32.2. The van der Waals surface area contributed by atoms with E-state index in [9.17, 15) is 13.2 Å². The number of piperidine rings is 1. The molecule has 1 aromatic carbocycles. The Morgan fingerprint density at radius 1 is 1.17 bits per heavy atom. The third-order valence-electron chi connectivity index (χ3n) is 4.25. The highest BCUT2D eigenvalue weighted by molar-refractivity contribution is 7.91. The quantitative estimate of drug-likeness (QED) is 0.708. The Morgan fingerprint density at radius 3 is 2.57 bits per heavy atom. The van der Waals surface area contributed by atoms with Crippen molar-refractivity contribution in [1.82, 2.24) is 10.6 Å². The molecule has 0 radical (unpaired) electrons. The molecule has 0 atom stereocenters. The fourth-order valence-electron chi connectivity index (χ4n) is 2.83. The molecule has 128 valence electrons. The SMILES string of the molecule is O=C(CCC1CCNCC1)NCCCS(=O)(=O)c1ccccc1. The van der Waals surface area contributed by atoms with E-state index in [1.165, 1.54) is 0 Å². The first-order valence-corrected chi connectivity index (χ1v) is 9.98. The van der Waals surface area contributed by atoms with Crippen LogP contribution < -0.4 is 10.6 Å². The van der Waals surface area contributed by atoms with Gasteiger partial charge in [-0.1, -0.05) is 18.2 Å². The van der Waals surface area contributed by atoms with Crippen LogP contribution in [-0.2, 0) is 14.6 Å². The number of carbonyl (C=O) groups excluding carboxylic acids is 1. The molecule has 1 amide bonds. The fourth-order valence-corrected chi connectivity index (χ4v) is 4.16. The van der Waals surface area contributed by atoms with Crippen LogP contribution in [0.25, 0.3) is 0 Å². The lowest BCUT2D eigenvalue weighted by Crippen LogP contribution is -2.30. The van der Waals surface area contributed by atoms with E-state index in [2.05, 4.69) is 10.6 Å². The van der Waals surface area contributed by atoms with Crippen molar-refractivity contribution in [2.45, 2.75) is 37.0 Å². The standard InChI is InChI=1S/C17H26N2O3S/c20-17(8-7-15-9-12-18-13-10-15)19-11-4-14-23(21,22)16-5-2-1-3-6-16/h1-3,5-6,15,18H,4,7-14H2,(H,19,20). The number of hydrogen-bond donors (Lipinski definition) is 2. The molecule has 6 heteroatoms. The molecular formula is C17H26N2O3S. The summed E-state index contributed by atoms with van der Waals surface area (Å²) in [6.07, 6.45) is 4.19. The summed E-state index contributed by atoms with van der Waals surface area (Å²) in [7, 11) is -3.25. The Balaban J connectivity index is 1.62. The maximum absolute atomic E-state index is 12.1. The minimum absolute atomic E-state index is 0.0284. The van der Waals surface area contributed by atoms with Crippen LogP contribution in [0.1, 0.15) is 32.1 Å². The lowest BCUT2D eigenvalue weighted by Gasteiger charge is -2.22. The van der Waals surface area contributed by atoms with Crippen molar-refractivity contribution < 1.29 is 13.2 Å². The molecule has 2 N–H and O–H groups in total. The van der Waals surface area contributed by atoms with E-state index in [-0.39, 0.29) is 11.7 Å². The summed E-state index contributed by atoms with van der Waals surface area (Å²) in [5, 5.41) is 6.14. The topological polar surface area (TPSA) is 75.3 Å². The Labute approximate surface area is 138 Å². The molecule has 0 bridgehead atoms. The van der Waals surface area contributed by atoms with Crippen molar-refractivity contribution in [2.24, 2.45) is 5.92 Å². The summed E-state index contributed by atoms with van der Waals surface area (Å²) in [5.41, 5.74) is 0. The van der Waals surface area contributed by atoms with Gasteiger partial charge in [0.1, 0.15) is 0 Å². The molecule has 0 unspecified atom stereocenters. The first kappa shape index (κ1) is 17.9. The normalized spacial score (nSPS) is 16.2. The molecule has 1 aromatic rings. The molecular weight excluding hydrogens is 312 g/mol. The summed E-state index contributed by atoms with van der Waals surface area (Å²) in [5.74, 6) is 0.729. The van der Waals surface area contributed by atoms with Crippen molar-refractivity contribution >= 4 is 15.7 Å². The van der Waals surface area contributed by atoms with Crippen molar-refractivity contribution in [3.63, 3.8) is 0 Å². The summed E-state index contributed by atoms with van der Waals surface area (Å²) >= 11 is 0. The second kappa shape index (κ2) is 9.03. The predicted molar refractivity (Wildman–Crippen MR) is 90.9 cm³/mol. The van der Waals surface area contributed by atoms with Crippen molar-refractivity contribution in [1.29, 1.82) is 0 Å². The molecule has 1 aliphatic heterocycles. The van der Waals surface area contributed by atoms with Gasteiger partial charge < -0.3 is 10.6 Å². The molecule has 2 rings (SSSR count). The van der Waals surface area contributed by atoms with Gasteiger partial charge in [0.25, 0.3) is 0 Å². The molecule has 0 spiro atoms. The highest BCUT2D eigenvalue weighted by Gasteiger charge is 2.15. The summed E-state index contributed by atoms with van der Waals surface area (Å²) in [6.45, 7) is 2.50. The first-order valence-electron chi connectivity index (χ1n) is 8.33. The molecule has 0 saturated carbocycles. The van der Waals surface area contributed by atoms with Crippen LogP contribution in [0, 0.1) is 5.92 Å². The predicted octanol–water partition coefficient (Wildman–Crippen LogP) is 1.75. The van der Waals surface area contributed by atoms with Gasteiger partial charge in [-0.05, 0) is 56.8 Å². The van der Waals surface area contributed by atoms with E-state index in [0.717, 1.165) is 32.4 Å². The molecule has 1 saturated heterocycles. The Kier molecular flexibility index (Phi) is 7.05. The van der Waals surface area contributed by atoms with Gasteiger partial charge in [0, 0.05) is 13.0 Å². The molecule has 5 nitrogen and oxygen atoms in total. The van der Waals surface area contributed by atoms with E-state index in [4.69, 9.17) is 0 Å². The van der Waals surface area contributed by atoms with E-state index in [1.807, 2.05) is 0 Å². The number of carbonyl (C=O) groups is 1. The number of rotatable bonds is 8. The molecule has 1 fully saturated rings. The van der Waals surface area contributed by atoms with Gasteiger partial charge in [0.2, 0.25) is 5.91 Å². The van der Waals surface area contributed by atoms with Gasteiger partial charge >= 0.3 is 0 Å². The van der Waals surface area contributed by atoms with Gasteiger partial charge in [-0.25, -0.2) is 8.42 Å². The van der Waals surface area contributed by atoms with E-state index < -0.39 is 9.84 Å². The second-order valence-corrected chi connectivity index (χ2v) is 8.18. The minimum atomic E-state index is -3.25. The van der Waals surface area contributed by atoms with Crippen LogP contribution in [0.5, 0.6) is 0 Å². The zero-order chi connectivity index (χ0) is 16.5. The van der Waals surface area contributed by atoms with Crippen LogP contribution in [0.4, 0.5) is 0 Å². The van der Waals surface area contributed by atoms with E-state index in [1.54, 1.807) is 30.3 Å². The summed E-state index contributed by atoms with van der Waals surface area (Å²) < 4.78 is 24.2. The van der Waals surface area contributed by atoms with Crippen LogP contribution in [-0.4, -0.2) is 39.7 Å². The average Bonchev–Trinajstić information content (AvgIpc) is 2.59. The molecule has 1 heterocycles. The number of hydrogen-bond acceptors (Lipinski definition) is 4. The maximum atomic E-state index is 12.1. The van der Waals surface area contributed by atoms with E-state index in [0.29, 0.717) is 30.2 Å². The number of nitrogens with one attached hydrogen (secondary N) is 2. The van der Waals surface area contributed by atoms with Crippen LogP contribution >= 0.6 is 0 Å². The summed E-state index contributed by atoms with van der Waals surface area (Å²) in [4.78, 5) is 12.1. The lowest BCUT2D eigenvalue weighted by atomic mass is 9.93. The highest BCUT2D eigenvalue weighted by Crippen LogP contribution is 2.17. The Bertz CT molecular complexity index is 581. The minimum Gasteiger partial charge on any atom is -0.356 e. The van der Waals surface area contributed by atoms with Gasteiger partial charge in [0.15, 0.2) is 9.84 Å². The van der Waals surface area contributed by atoms with Crippen LogP contribution in [0.3, 0.4) is 0 Å². The third kappa shape index (κ3) is 6.31. The first-order chi connectivity index (χ1) is 11.1. The van der Waals surface area contributed by atoms with E-state index >= 15 is 0 Å². The smallest absolute Gasteiger partial charge is 0.220 e. The van der Waals surface area contributed by atoms with Gasteiger partial charge in [-0.2, -0.15) is 0 Å². The second-order valence-electron chi connectivity index (χ2n) is 6.07. The Hall–Kier alpha value is -1.40. The molecule has 1 aliphatic rings. The van der Waals surface area contributed by atoms with Gasteiger partial charge in [-0.15, -0.1) is 0 Å². The molecule has 0 aromatic heterocycles. The molecule has 23 heavy (non-hydrogen) atoms. The fraction of sp³-hybridized carbons (Fsp3) is 0.588. The zero-order valence-corrected chi connectivity index (χ0v) is 14.3. The zero-order valence-electron chi connectivity index (χ0n) is 13.5.